The van der Waals surface area contributed by atoms with E-state index in [1.54, 1.807) is 0 Å². The van der Waals surface area contributed by atoms with E-state index >= 15 is 0 Å². The summed E-state index contributed by atoms with van der Waals surface area (Å²) in [7, 11) is -3.73. The van der Waals surface area contributed by atoms with Gasteiger partial charge in [0.15, 0.2) is 16.6 Å². The van der Waals surface area contributed by atoms with Crippen molar-refractivity contribution in [2.75, 3.05) is 13.2 Å². The molecule has 1 N–H and O–H groups in total. The van der Waals surface area contributed by atoms with E-state index in [1.807, 2.05) is 0 Å². The van der Waals surface area contributed by atoms with Gasteiger partial charge in [0.25, 0.3) is 0 Å². The molecule has 0 aromatic carbocycles. The Morgan fingerprint density at radius 3 is 1.89 bits per heavy atom. The molecule has 27 heavy (non-hydrogen) atoms. The highest BCUT2D eigenvalue weighted by Crippen LogP contribution is 2.41. The van der Waals surface area contributed by atoms with Crippen molar-refractivity contribution in [2.24, 2.45) is 5.92 Å². The molecule has 1 fully saturated rings. The predicted octanol–water partition coefficient (Wildman–Crippen LogP) is 5.57. The molecule has 0 unspecified atom stereocenters. The van der Waals surface area contributed by atoms with E-state index < -0.39 is 16.6 Å². The van der Waals surface area contributed by atoms with Crippen molar-refractivity contribution in [3.05, 3.63) is 0 Å². The minimum atomic E-state index is -1.89. The van der Waals surface area contributed by atoms with Crippen molar-refractivity contribution in [1.29, 1.82) is 0 Å². The van der Waals surface area contributed by atoms with Crippen LogP contribution in [-0.2, 0) is 13.6 Å². The summed E-state index contributed by atoms with van der Waals surface area (Å²) in [5.41, 5.74) is 0. The van der Waals surface area contributed by atoms with Crippen molar-refractivity contribution in [2.45, 2.75) is 116 Å². The van der Waals surface area contributed by atoms with Gasteiger partial charge in [0.05, 0.1) is 18.8 Å². The Balaban J connectivity index is 2.97. The van der Waals surface area contributed by atoms with Crippen LogP contribution in [0.5, 0.6) is 0 Å². The largest absolute Gasteiger partial charge is 0.414 e. The van der Waals surface area contributed by atoms with Crippen LogP contribution in [0.15, 0.2) is 0 Å². The first-order valence-corrected chi connectivity index (χ1v) is 16.4. The fraction of sp³-hybridized carbons (Fsp3) is 1.00. The summed E-state index contributed by atoms with van der Waals surface area (Å²) in [6.45, 7) is 25.8. The van der Waals surface area contributed by atoms with Gasteiger partial charge in [0, 0.05) is 6.61 Å². The molecule has 0 radical (unpaired) electrons. The second-order valence-electron chi connectivity index (χ2n) is 11.4. The van der Waals surface area contributed by atoms with Crippen LogP contribution >= 0.6 is 0 Å². The Morgan fingerprint density at radius 2 is 1.44 bits per heavy atom. The van der Waals surface area contributed by atoms with Crippen LogP contribution < -0.4 is 0 Å². The summed E-state index contributed by atoms with van der Waals surface area (Å²) in [6, 6.07) is 0. The smallest absolute Gasteiger partial charge is 0.192 e. The fourth-order valence-corrected chi connectivity index (χ4v) is 5.30. The summed E-state index contributed by atoms with van der Waals surface area (Å²) in [5, 5.41) is 9.76. The van der Waals surface area contributed by atoms with Crippen molar-refractivity contribution in [1.82, 2.24) is 0 Å². The van der Waals surface area contributed by atoms with Crippen LogP contribution in [0.4, 0.5) is 0 Å². The summed E-state index contributed by atoms with van der Waals surface area (Å²) in [6.07, 6.45) is 1.76. The van der Waals surface area contributed by atoms with Gasteiger partial charge >= 0.3 is 0 Å². The molecule has 0 aromatic heterocycles. The quantitative estimate of drug-likeness (QED) is 0.549. The van der Waals surface area contributed by atoms with Gasteiger partial charge < -0.3 is 18.7 Å². The Kier molecular flexibility index (Phi) is 8.40. The zero-order chi connectivity index (χ0) is 21.3. The number of aliphatic hydroxyl groups is 1. The third kappa shape index (κ3) is 6.64. The van der Waals surface area contributed by atoms with Gasteiger partial charge in [0.1, 0.15) is 6.10 Å². The number of rotatable bonds is 7. The summed E-state index contributed by atoms with van der Waals surface area (Å²) in [5.74, 6) is 0.385. The zero-order valence-corrected chi connectivity index (χ0v) is 21.8. The van der Waals surface area contributed by atoms with Crippen molar-refractivity contribution in [3.8, 4) is 0 Å². The summed E-state index contributed by atoms with van der Waals surface area (Å²) < 4.78 is 19.8. The lowest BCUT2D eigenvalue weighted by atomic mass is 9.90. The van der Waals surface area contributed by atoms with E-state index in [2.05, 4.69) is 74.7 Å². The van der Waals surface area contributed by atoms with E-state index in [-0.39, 0.29) is 35.0 Å². The normalized spacial score (nSPS) is 28.4. The minimum absolute atomic E-state index is 0.0546. The summed E-state index contributed by atoms with van der Waals surface area (Å²) >= 11 is 0. The SMILES string of the molecule is C[C@H]1C[C@H](O[Si](C)(C)C(C)(C)C)[C@@H](CO[Si](C)(C)C(C)(C)C)O[C@H]1CCO. The zero-order valence-electron chi connectivity index (χ0n) is 19.8. The maximum Gasteiger partial charge on any atom is 0.192 e. The Hall–Kier alpha value is 0.274. The fourth-order valence-electron chi connectivity index (χ4n) is 2.93. The van der Waals surface area contributed by atoms with Crippen molar-refractivity contribution >= 4 is 16.6 Å². The Bertz CT molecular complexity index is 466. The highest BCUT2D eigenvalue weighted by atomic mass is 28.4. The standard InChI is InChI=1S/C21H46O4Si2/c1-16-14-18(25-27(10,11)21(5,6)7)19(24-17(16)12-13-22)15-23-26(8,9)20(2,3)4/h16-19,22H,12-15H2,1-11H3/t16-,17-,18-,19+/m0/s1. The van der Waals surface area contributed by atoms with E-state index in [4.69, 9.17) is 13.6 Å². The Morgan fingerprint density at radius 1 is 0.926 bits per heavy atom. The molecule has 0 saturated carbocycles. The van der Waals surface area contributed by atoms with Gasteiger partial charge in [-0.1, -0.05) is 48.5 Å². The van der Waals surface area contributed by atoms with Gasteiger partial charge in [-0.3, -0.25) is 0 Å². The van der Waals surface area contributed by atoms with Gasteiger partial charge in [0.2, 0.25) is 0 Å². The molecule has 6 heteroatoms. The molecular weight excluding hydrogens is 372 g/mol. The van der Waals surface area contributed by atoms with Crippen molar-refractivity contribution < 1.29 is 18.7 Å². The second kappa shape index (κ2) is 8.96. The van der Waals surface area contributed by atoms with E-state index in [0.29, 0.717) is 18.9 Å². The van der Waals surface area contributed by atoms with Crippen molar-refractivity contribution in [3.63, 3.8) is 0 Å². The molecule has 1 aliphatic heterocycles. The lowest BCUT2D eigenvalue weighted by Crippen LogP contribution is -2.54. The molecule has 162 valence electrons. The van der Waals surface area contributed by atoms with Crippen LogP contribution in [0.3, 0.4) is 0 Å². The third-order valence-electron chi connectivity index (χ3n) is 7.08. The highest BCUT2D eigenvalue weighted by molar-refractivity contribution is 6.74. The molecular formula is C21H46O4Si2. The molecule has 4 nitrogen and oxygen atoms in total. The van der Waals surface area contributed by atoms with Crippen LogP contribution in [-0.4, -0.2) is 53.3 Å². The highest BCUT2D eigenvalue weighted by Gasteiger charge is 2.45. The van der Waals surface area contributed by atoms with Gasteiger partial charge in [-0.25, -0.2) is 0 Å². The van der Waals surface area contributed by atoms with Crippen LogP contribution in [0.2, 0.25) is 36.3 Å². The number of hydrogen-bond acceptors (Lipinski definition) is 4. The molecule has 4 atom stereocenters. The topological polar surface area (TPSA) is 47.9 Å². The maximum atomic E-state index is 9.42. The van der Waals surface area contributed by atoms with E-state index in [0.717, 1.165) is 6.42 Å². The molecule has 1 heterocycles. The van der Waals surface area contributed by atoms with Crippen LogP contribution in [0.25, 0.3) is 0 Å². The predicted molar refractivity (Wildman–Crippen MR) is 119 cm³/mol. The lowest BCUT2D eigenvalue weighted by Gasteiger charge is -2.47. The third-order valence-corrected chi connectivity index (χ3v) is 16.1. The van der Waals surface area contributed by atoms with E-state index in [1.165, 1.54) is 0 Å². The molecule has 1 aliphatic rings. The van der Waals surface area contributed by atoms with Crippen LogP contribution in [0, 0.1) is 5.92 Å². The molecule has 0 aliphatic carbocycles. The molecule has 0 aromatic rings. The van der Waals surface area contributed by atoms with E-state index in [9.17, 15) is 5.11 Å². The molecule has 0 spiro atoms. The first-order valence-electron chi connectivity index (χ1n) is 10.6. The average molecular weight is 419 g/mol. The average Bonchev–Trinajstić information content (AvgIpc) is 2.46. The maximum absolute atomic E-state index is 9.42. The Labute approximate surface area is 170 Å². The number of aliphatic hydroxyl groups excluding tert-OH is 1. The number of ether oxygens (including phenoxy) is 1. The van der Waals surface area contributed by atoms with Crippen LogP contribution in [0.1, 0.15) is 61.3 Å². The van der Waals surface area contributed by atoms with Gasteiger partial charge in [-0.15, -0.1) is 0 Å². The summed E-state index contributed by atoms with van der Waals surface area (Å²) in [4.78, 5) is 0. The molecule has 1 rings (SSSR count). The minimum Gasteiger partial charge on any atom is -0.414 e. The molecule has 0 amide bonds. The van der Waals surface area contributed by atoms with Gasteiger partial charge in [-0.2, -0.15) is 0 Å². The second-order valence-corrected chi connectivity index (χ2v) is 21.0. The first kappa shape index (κ1) is 25.3. The number of hydrogen-bond donors (Lipinski definition) is 1. The first-order chi connectivity index (χ1) is 12.0. The lowest BCUT2D eigenvalue weighted by molar-refractivity contribution is -0.153. The van der Waals surface area contributed by atoms with Gasteiger partial charge in [-0.05, 0) is 55.0 Å². The molecule has 1 saturated heterocycles. The monoisotopic (exact) mass is 418 g/mol. The molecule has 0 bridgehead atoms.